The van der Waals surface area contributed by atoms with E-state index in [9.17, 15) is 4.79 Å². The van der Waals surface area contributed by atoms with Crippen LogP contribution in [0.25, 0.3) is 0 Å². The van der Waals surface area contributed by atoms with E-state index in [1.54, 1.807) is 6.07 Å². The van der Waals surface area contributed by atoms with E-state index in [0.717, 1.165) is 5.56 Å². The number of aryl methyl sites for hydroxylation is 1. The van der Waals surface area contributed by atoms with Gasteiger partial charge in [0.15, 0.2) is 5.11 Å². The summed E-state index contributed by atoms with van der Waals surface area (Å²) in [6.45, 7) is 0. The summed E-state index contributed by atoms with van der Waals surface area (Å²) in [6, 6.07) is 10.4. The molecule has 2 rings (SSSR count). The standard InChI is InChI=1S/C16H12Cl4N2OS/c17-10-4-2-1-3-9(10)5-6-15(23)22-16(24)21-14-8-12(19)11(18)7-13(14)20/h1-4,7-8H,5-6H2,(H2,21,22,23,24). The van der Waals surface area contributed by atoms with Gasteiger partial charge in [-0.15, -0.1) is 0 Å². The number of thiocarbonyl (C=S) groups is 1. The fourth-order valence-corrected chi connectivity index (χ4v) is 2.96. The van der Waals surface area contributed by atoms with Crippen LogP contribution < -0.4 is 10.6 Å². The molecule has 0 saturated carbocycles. The van der Waals surface area contributed by atoms with Crippen molar-refractivity contribution in [3.05, 3.63) is 62.1 Å². The van der Waals surface area contributed by atoms with Gasteiger partial charge in [-0.25, -0.2) is 0 Å². The van der Waals surface area contributed by atoms with Crippen molar-refractivity contribution in [3.63, 3.8) is 0 Å². The highest BCUT2D eigenvalue weighted by Gasteiger charge is 2.10. The van der Waals surface area contributed by atoms with Crippen molar-refractivity contribution in [2.75, 3.05) is 5.32 Å². The lowest BCUT2D eigenvalue weighted by Gasteiger charge is -2.12. The molecule has 2 aromatic rings. The highest BCUT2D eigenvalue weighted by atomic mass is 35.5. The van der Waals surface area contributed by atoms with Gasteiger partial charge in [-0.05, 0) is 42.4 Å². The number of hydrogen-bond acceptors (Lipinski definition) is 2. The van der Waals surface area contributed by atoms with Gasteiger partial charge in [-0.1, -0.05) is 64.6 Å². The minimum atomic E-state index is -0.233. The zero-order valence-corrected chi connectivity index (χ0v) is 16.0. The van der Waals surface area contributed by atoms with E-state index in [1.807, 2.05) is 18.2 Å². The van der Waals surface area contributed by atoms with Crippen LogP contribution >= 0.6 is 58.6 Å². The quantitative estimate of drug-likeness (QED) is 0.488. The first-order chi connectivity index (χ1) is 11.4. The van der Waals surface area contributed by atoms with Crippen molar-refractivity contribution in [2.45, 2.75) is 12.8 Å². The third kappa shape index (κ3) is 5.50. The number of halogens is 4. The lowest BCUT2D eigenvalue weighted by molar-refractivity contribution is -0.119. The van der Waals surface area contributed by atoms with Crippen molar-refractivity contribution in [1.29, 1.82) is 0 Å². The summed E-state index contributed by atoms with van der Waals surface area (Å²) < 4.78 is 0. The molecule has 24 heavy (non-hydrogen) atoms. The molecule has 0 unspecified atom stereocenters. The molecule has 0 aliphatic heterocycles. The van der Waals surface area contributed by atoms with Crippen LogP contribution in [-0.4, -0.2) is 11.0 Å². The number of carbonyl (C=O) groups excluding carboxylic acids is 1. The molecule has 2 N–H and O–H groups in total. The first-order valence-corrected chi connectivity index (χ1v) is 8.77. The molecule has 0 radical (unpaired) electrons. The topological polar surface area (TPSA) is 41.1 Å². The Balaban J connectivity index is 1.89. The van der Waals surface area contributed by atoms with Gasteiger partial charge in [0.1, 0.15) is 0 Å². The Hall–Kier alpha value is -1.04. The number of hydrogen-bond donors (Lipinski definition) is 2. The Kier molecular flexibility index (Phi) is 7.14. The first-order valence-electron chi connectivity index (χ1n) is 6.85. The van der Waals surface area contributed by atoms with Crippen molar-refractivity contribution in [3.8, 4) is 0 Å². The predicted molar refractivity (Wildman–Crippen MR) is 106 cm³/mol. The molecule has 0 bridgehead atoms. The lowest BCUT2D eigenvalue weighted by atomic mass is 10.1. The molecule has 0 aliphatic carbocycles. The third-order valence-electron chi connectivity index (χ3n) is 3.09. The maximum atomic E-state index is 12.0. The molecule has 0 aromatic heterocycles. The van der Waals surface area contributed by atoms with Crippen LogP contribution in [-0.2, 0) is 11.2 Å². The molecular weight excluding hydrogens is 410 g/mol. The molecule has 8 heteroatoms. The average Bonchev–Trinajstić information content (AvgIpc) is 2.51. The second-order valence-corrected chi connectivity index (χ2v) is 6.88. The van der Waals surface area contributed by atoms with Gasteiger partial charge in [0.2, 0.25) is 5.91 Å². The molecule has 1 amide bonds. The third-order valence-corrected chi connectivity index (χ3v) is 4.70. The molecule has 2 aromatic carbocycles. The fraction of sp³-hybridized carbons (Fsp3) is 0.125. The number of carbonyl (C=O) groups is 1. The Morgan fingerprint density at radius 1 is 0.958 bits per heavy atom. The largest absolute Gasteiger partial charge is 0.331 e. The van der Waals surface area contributed by atoms with E-state index in [2.05, 4.69) is 10.6 Å². The number of amides is 1. The minimum Gasteiger partial charge on any atom is -0.331 e. The van der Waals surface area contributed by atoms with Crippen LogP contribution in [0.5, 0.6) is 0 Å². The molecule has 126 valence electrons. The van der Waals surface area contributed by atoms with Crippen LogP contribution in [0.3, 0.4) is 0 Å². The van der Waals surface area contributed by atoms with E-state index in [0.29, 0.717) is 32.2 Å². The maximum Gasteiger partial charge on any atom is 0.226 e. The summed E-state index contributed by atoms with van der Waals surface area (Å²) >= 11 is 29.0. The molecule has 3 nitrogen and oxygen atoms in total. The van der Waals surface area contributed by atoms with Crippen LogP contribution in [0, 0.1) is 0 Å². The van der Waals surface area contributed by atoms with Gasteiger partial charge in [0.05, 0.1) is 20.8 Å². The van der Waals surface area contributed by atoms with Crippen LogP contribution in [0.15, 0.2) is 36.4 Å². The fourth-order valence-electron chi connectivity index (χ4n) is 1.91. The van der Waals surface area contributed by atoms with Crippen molar-refractivity contribution < 1.29 is 4.79 Å². The van der Waals surface area contributed by atoms with Crippen molar-refractivity contribution >= 4 is 75.3 Å². The van der Waals surface area contributed by atoms with E-state index in [1.165, 1.54) is 12.1 Å². The molecule has 0 heterocycles. The van der Waals surface area contributed by atoms with Gasteiger partial charge in [0, 0.05) is 11.4 Å². The van der Waals surface area contributed by atoms with Crippen molar-refractivity contribution in [1.82, 2.24) is 5.32 Å². The molecule has 0 saturated heterocycles. The monoisotopic (exact) mass is 420 g/mol. The van der Waals surface area contributed by atoms with Crippen LogP contribution in [0.1, 0.15) is 12.0 Å². The van der Waals surface area contributed by atoms with Gasteiger partial charge >= 0.3 is 0 Å². The van der Waals surface area contributed by atoms with Crippen LogP contribution in [0.4, 0.5) is 5.69 Å². The SMILES string of the molecule is O=C(CCc1ccccc1Cl)NC(=S)Nc1cc(Cl)c(Cl)cc1Cl. The second kappa shape index (κ2) is 8.88. The van der Waals surface area contributed by atoms with E-state index in [-0.39, 0.29) is 17.4 Å². The van der Waals surface area contributed by atoms with E-state index in [4.69, 9.17) is 58.6 Å². The zero-order valence-electron chi connectivity index (χ0n) is 12.2. The number of rotatable bonds is 4. The highest BCUT2D eigenvalue weighted by Crippen LogP contribution is 2.32. The Labute approximate surface area is 165 Å². The molecule has 0 fully saturated rings. The summed E-state index contributed by atoms with van der Waals surface area (Å²) in [7, 11) is 0. The summed E-state index contributed by atoms with van der Waals surface area (Å²) in [5.41, 5.74) is 1.36. The van der Waals surface area contributed by atoms with Crippen molar-refractivity contribution in [2.24, 2.45) is 0 Å². The Morgan fingerprint density at radius 3 is 2.33 bits per heavy atom. The first kappa shape index (κ1) is 19.3. The summed E-state index contributed by atoms with van der Waals surface area (Å²) in [5, 5.41) is 7.17. The van der Waals surface area contributed by atoms with Gasteiger partial charge in [0.25, 0.3) is 0 Å². The van der Waals surface area contributed by atoms with E-state index < -0.39 is 0 Å². The maximum absolute atomic E-state index is 12.0. The van der Waals surface area contributed by atoms with Gasteiger partial charge < -0.3 is 10.6 Å². The molecular formula is C16H12Cl4N2OS. The summed E-state index contributed by atoms with van der Waals surface area (Å²) in [5.74, 6) is -0.233. The molecule has 0 aliphatic rings. The van der Waals surface area contributed by atoms with Crippen LogP contribution in [0.2, 0.25) is 20.1 Å². The van der Waals surface area contributed by atoms with E-state index >= 15 is 0 Å². The normalized spacial score (nSPS) is 10.3. The van der Waals surface area contributed by atoms with Gasteiger partial charge in [-0.2, -0.15) is 0 Å². The Bertz CT molecular complexity index is 783. The molecule has 0 spiro atoms. The zero-order chi connectivity index (χ0) is 17.7. The summed E-state index contributed by atoms with van der Waals surface area (Å²) in [6.07, 6.45) is 0.766. The Morgan fingerprint density at radius 2 is 1.62 bits per heavy atom. The smallest absolute Gasteiger partial charge is 0.226 e. The second-order valence-electron chi connectivity index (χ2n) is 4.84. The van der Waals surface area contributed by atoms with Gasteiger partial charge in [-0.3, -0.25) is 4.79 Å². The average molecular weight is 422 g/mol. The molecule has 0 atom stereocenters. The number of nitrogens with one attached hydrogen (secondary N) is 2. The number of anilines is 1. The summed E-state index contributed by atoms with van der Waals surface area (Å²) in [4.78, 5) is 12.0. The minimum absolute atomic E-state index is 0.124. The highest BCUT2D eigenvalue weighted by molar-refractivity contribution is 7.80. The lowest BCUT2D eigenvalue weighted by Crippen LogP contribution is -2.34. The number of benzene rings is 2. The predicted octanol–water partition coefficient (Wildman–Crippen LogP) is 5.75.